The van der Waals surface area contributed by atoms with Gasteiger partial charge in [0.2, 0.25) is 0 Å². The molecule has 0 saturated heterocycles. The zero-order chi connectivity index (χ0) is 17.8. The summed E-state index contributed by atoms with van der Waals surface area (Å²) in [5, 5.41) is 18.2. The number of hydrogen-bond donors (Lipinski definition) is 2. The van der Waals surface area contributed by atoms with Gasteiger partial charge in [0.15, 0.2) is 11.5 Å². The van der Waals surface area contributed by atoms with Crippen LogP contribution in [0.1, 0.15) is 11.3 Å². The summed E-state index contributed by atoms with van der Waals surface area (Å²) in [5.74, 6) is 1.25. The minimum absolute atomic E-state index is 0.482. The molecule has 3 aromatic rings. The second-order valence-electron chi connectivity index (χ2n) is 5.67. The molecule has 6 nitrogen and oxygen atoms in total. The Morgan fingerprint density at radius 3 is 2.16 bits per heavy atom. The number of methoxy groups -OCH3 is 2. The normalized spacial score (nSPS) is 10.7. The van der Waals surface area contributed by atoms with Crippen LogP contribution in [-0.4, -0.2) is 41.4 Å². The highest BCUT2D eigenvalue weighted by Crippen LogP contribution is 2.30. The van der Waals surface area contributed by atoms with Crippen molar-refractivity contribution in [2.45, 2.75) is 12.8 Å². The van der Waals surface area contributed by atoms with E-state index in [0.29, 0.717) is 17.0 Å². The average Bonchev–Trinajstić information content (AvgIpc) is 2.65. The first kappa shape index (κ1) is 17.2. The van der Waals surface area contributed by atoms with Gasteiger partial charge >= 0.3 is 7.12 Å². The summed E-state index contributed by atoms with van der Waals surface area (Å²) in [6.45, 7) is 0. The molecule has 0 bridgehead atoms. The lowest BCUT2D eigenvalue weighted by Gasteiger charge is -2.09. The maximum atomic E-state index is 9.12. The van der Waals surface area contributed by atoms with Crippen LogP contribution in [0, 0.1) is 0 Å². The van der Waals surface area contributed by atoms with E-state index in [1.807, 2.05) is 24.3 Å². The molecular formula is C18H19BN2O4. The molecule has 0 unspecified atom stereocenters. The smallest absolute Gasteiger partial charge is 0.488 e. The van der Waals surface area contributed by atoms with Gasteiger partial charge in [0, 0.05) is 18.3 Å². The van der Waals surface area contributed by atoms with Crippen LogP contribution in [0.2, 0.25) is 0 Å². The molecule has 25 heavy (non-hydrogen) atoms. The predicted molar refractivity (Wildman–Crippen MR) is 96.3 cm³/mol. The van der Waals surface area contributed by atoms with Crippen LogP contribution in [0.3, 0.4) is 0 Å². The summed E-state index contributed by atoms with van der Waals surface area (Å²) in [7, 11) is 1.74. The van der Waals surface area contributed by atoms with Crippen LogP contribution in [0.4, 0.5) is 0 Å². The Morgan fingerprint density at radius 2 is 1.56 bits per heavy atom. The van der Waals surface area contributed by atoms with E-state index in [2.05, 4.69) is 9.97 Å². The molecule has 0 saturated carbocycles. The first-order valence-corrected chi connectivity index (χ1v) is 7.93. The third-order valence-electron chi connectivity index (χ3n) is 4.05. The lowest BCUT2D eigenvalue weighted by Crippen LogP contribution is -2.29. The molecule has 0 atom stereocenters. The summed E-state index contributed by atoms with van der Waals surface area (Å²) >= 11 is 0. The molecule has 0 aliphatic carbocycles. The van der Waals surface area contributed by atoms with E-state index in [9.17, 15) is 0 Å². The van der Waals surface area contributed by atoms with Crippen LogP contribution in [0.25, 0.3) is 11.0 Å². The summed E-state index contributed by atoms with van der Waals surface area (Å²) in [6.07, 6.45) is 3.29. The van der Waals surface area contributed by atoms with Crippen molar-refractivity contribution in [3.05, 3.63) is 53.9 Å². The zero-order valence-corrected chi connectivity index (χ0v) is 14.1. The Morgan fingerprint density at radius 1 is 0.920 bits per heavy atom. The van der Waals surface area contributed by atoms with Crippen LogP contribution < -0.4 is 14.9 Å². The van der Waals surface area contributed by atoms with Crippen molar-refractivity contribution in [1.29, 1.82) is 0 Å². The summed E-state index contributed by atoms with van der Waals surface area (Å²) in [6, 6.07) is 10.8. The van der Waals surface area contributed by atoms with Gasteiger partial charge in [-0.3, -0.25) is 4.98 Å². The van der Waals surface area contributed by atoms with E-state index in [1.54, 1.807) is 32.5 Å². The van der Waals surface area contributed by atoms with E-state index in [1.165, 1.54) is 0 Å². The van der Waals surface area contributed by atoms with Crippen LogP contribution in [0.15, 0.2) is 42.6 Å². The van der Waals surface area contributed by atoms with Crippen LogP contribution >= 0.6 is 0 Å². The fourth-order valence-corrected chi connectivity index (χ4v) is 2.63. The molecule has 0 aliphatic rings. The van der Waals surface area contributed by atoms with Gasteiger partial charge in [-0.05, 0) is 23.9 Å². The van der Waals surface area contributed by atoms with Crippen molar-refractivity contribution >= 4 is 23.6 Å². The molecular weight excluding hydrogens is 319 g/mol. The molecule has 0 amide bonds. The molecule has 1 aromatic heterocycles. The van der Waals surface area contributed by atoms with Gasteiger partial charge in [0.25, 0.3) is 0 Å². The van der Waals surface area contributed by atoms with Crippen molar-refractivity contribution in [1.82, 2.24) is 9.97 Å². The SMILES string of the molecule is COc1cc2ncc(CCc3ccc(B(O)O)cc3)nc2cc1OC. The van der Waals surface area contributed by atoms with Gasteiger partial charge in [-0.25, -0.2) is 4.98 Å². The minimum Gasteiger partial charge on any atom is -0.493 e. The molecule has 2 aromatic carbocycles. The molecule has 1 heterocycles. The van der Waals surface area contributed by atoms with Crippen molar-refractivity contribution in [2.75, 3.05) is 14.2 Å². The van der Waals surface area contributed by atoms with E-state index in [-0.39, 0.29) is 0 Å². The van der Waals surface area contributed by atoms with Crippen LogP contribution in [0.5, 0.6) is 11.5 Å². The first-order valence-electron chi connectivity index (χ1n) is 7.93. The standard InChI is InChI=1S/C18H19BN2O4/c1-24-17-9-15-16(10-18(17)25-2)21-14(11-20-15)8-5-12-3-6-13(7-4-12)19(22)23/h3-4,6-7,9-11,22-23H,5,8H2,1-2H3. The molecule has 3 rings (SSSR count). The Balaban J connectivity index is 1.77. The lowest BCUT2D eigenvalue weighted by molar-refractivity contribution is 0.355. The Kier molecular flexibility index (Phi) is 5.16. The van der Waals surface area contributed by atoms with E-state index < -0.39 is 7.12 Å². The third kappa shape index (κ3) is 3.89. The molecule has 0 aliphatic heterocycles. The lowest BCUT2D eigenvalue weighted by atomic mass is 9.80. The van der Waals surface area contributed by atoms with Crippen LogP contribution in [-0.2, 0) is 12.8 Å². The number of hydrogen-bond acceptors (Lipinski definition) is 6. The quantitative estimate of drug-likeness (QED) is 0.655. The van der Waals surface area contributed by atoms with Crippen molar-refractivity contribution in [2.24, 2.45) is 0 Å². The van der Waals surface area contributed by atoms with Gasteiger partial charge in [-0.1, -0.05) is 24.3 Å². The highest BCUT2D eigenvalue weighted by atomic mass is 16.5. The second kappa shape index (κ2) is 7.50. The highest BCUT2D eigenvalue weighted by molar-refractivity contribution is 6.58. The number of aryl methyl sites for hydroxylation is 2. The summed E-state index contributed by atoms with van der Waals surface area (Å²) in [5.41, 5.74) is 3.97. The van der Waals surface area contributed by atoms with Crippen molar-refractivity contribution in [3.8, 4) is 11.5 Å². The van der Waals surface area contributed by atoms with E-state index in [0.717, 1.165) is 35.1 Å². The predicted octanol–water partition coefficient (Wildman–Crippen LogP) is 1.11. The zero-order valence-electron chi connectivity index (χ0n) is 14.1. The largest absolute Gasteiger partial charge is 0.493 e. The van der Waals surface area contributed by atoms with Crippen molar-refractivity contribution in [3.63, 3.8) is 0 Å². The first-order chi connectivity index (χ1) is 12.1. The maximum Gasteiger partial charge on any atom is 0.488 e. The molecule has 2 N–H and O–H groups in total. The minimum atomic E-state index is -1.44. The molecule has 0 spiro atoms. The number of fused-ring (bicyclic) bond motifs is 1. The van der Waals surface area contributed by atoms with E-state index >= 15 is 0 Å². The number of ether oxygens (including phenoxy) is 2. The van der Waals surface area contributed by atoms with Gasteiger partial charge in [0.05, 0.1) is 30.9 Å². The number of aromatic nitrogens is 2. The number of rotatable bonds is 6. The molecule has 0 radical (unpaired) electrons. The Bertz CT molecular complexity index is 869. The monoisotopic (exact) mass is 338 g/mol. The topological polar surface area (TPSA) is 84.7 Å². The summed E-state index contributed by atoms with van der Waals surface area (Å²) in [4.78, 5) is 9.09. The average molecular weight is 338 g/mol. The van der Waals surface area contributed by atoms with Gasteiger partial charge < -0.3 is 19.5 Å². The highest BCUT2D eigenvalue weighted by Gasteiger charge is 2.11. The van der Waals surface area contributed by atoms with E-state index in [4.69, 9.17) is 19.5 Å². The maximum absolute atomic E-state index is 9.12. The van der Waals surface area contributed by atoms with Gasteiger partial charge in [-0.15, -0.1) is 0 Å². The second-order valence-corrected chi connectivity index (χ2v) is 5.67. The molecule has 128 valence electrons. The number of nitrogens with zero attached hydrogens (tertiary/aromatic N) is 2. The Hall–Kier alpha value is -2.64. The fourth-order valence-electron chi connectivity index (χ4n) is 2.63. The molecule has 0 fully saturated rings. The number of benzene rings is 2. The van der Waals surface area contributed by atoms with Gasteiger partial charge in [-0.2, -0.15) is 0 Å². The Labute approximate surface area is 146 Å². The van der Waals surface area contributed by atoms with Crippen molar-refractivity contribution < 1.29 is 19.5 Å². The van der Waals surface area contributed by atoms with Gasteiger partial charge in [0.1, 0.15) is 0 Å². The molecule has 7 heteroatoms. The fraction of sp³-hybridized carbons (Fsp3) is 0.222. The third-order valence-corrected chi connectivity index (χ3v) is 4.05. The summed E-state index contributed by atoms with van der Waals surface area (Å²) < 4.78 is 10.6.